The minimum Gasteiger partial charge on any atom is -0.406 e. The highest BCUT2D eigenvalue weighted by Crippen LogP contribution is 2.49. The van der Waals surface area contributed by atoms with E-state index in [0.29, 0.717) is 19.1 Å². The maximum atomic E-state index is 11.7. The van der Waals surface area contributed by atoms with Crippen LogP contribution in [-0.4, -0.2) is 29.0 Å². The first-order chi connectivity index (χ1) is 16.8. The third kappa shape index (κ3) is 10.2. The van der Waals surface area contributed by atoms with Crippen molar-refractivity contribution in [2.24, 2.45) is 0 Å². The van der Waals surface area contributed by atoms with Crippen LogP contribution in [0.1, 0.15) is 61.1 Å². The average molecular weight is 513 g/mol. The minimum absolute atomic E-state index is 0.0319. The summed E-state index contributed by atoms with van der Waals surface area (Å²) < 4.78 is 16.6. The first-order valence-electron chi connectivity index (χ1n) is 11.5. The Morgan fingerprint density at radius 1 is 0.971 bits per heavy atom. The largest absolute Gasteiger partial charge is 0.406 e. The normalized spacial score (nSPS) is 11.3. The van der Waals surface area contributed by atoms with Crippen LogP contribution in [-0.2, 0) is 20.9 Å². The van der Waals surface area contributed by atoms with Crippen LogP contribution in [0.4, 0.5) is 0 Å². The lowest BCUT2D eigenvalue weighted by atomic mass is 10.1. The number of benzene rings is 2. The summed E-state index contributed by atoms with van der Waals surface area (Å²) in [5, 5.41) is 0. The molecular weight excluding hydrogens is 479 g/mol. The minimum atomic E-state index is -2.77. The number of allylic oxidation sites excluding steroid dienone is 1. The summed E-state index contributed by atoms with van der Waals surface area (Å²) in [6.07, 6.45) is 3.43. The molecule has 186 valence electrons. The van der Waals surface area contributed by atoms with Crippen molar-refractivity contribution >= 4 is 30.4 Å². The van der Waals surface area contributed by atoms with Crippen LogP contribution in [0, 0.1) is 6.92 Å². The van der Waals surface area contributed by atoms with Crippen LogP contribution >= 0.6 is 6.72 Å². The zero-order valence-corrected chi connectivity index (χ0v) is 22.6. The maximum Gasteiger partial charge on any atom is 0.381 e. The Morgan fingerprint density at radius 3 is 2.09 bits per heavy atom. The fourth-order valence-corrected chi connectivity index (χ4v) is 4.82. The summed E-state index contributed by atoms with van der Waals surface area (Å²) in [6, 6.07) is 20.8. The summed E-state index contributed by atoms with van der Waals surface area (Å²) in [7, 11) is 0. The smallest absolute Gasteiger partial charge is 0.381 e. The lowest BCUT2D eigenvalue weighted by molar-refractivity contribution is 0.104. The lowest BCUT2D eigenvalue weighted by Gasteiger charge is -2.20. The molecule has 0 atom stereocenters. The Bertz CT molecular complexity index is 1130. The maximum absolute atomic E-state index is 11.7. The molecule has 0 saturated carbocycles. The third-order valence-corrected chi connectivity index (χ3v) is 6.84. The average Bonchev–Trinajstić information content (AvgIpc) is 2.84. The molecule has 35 heavy (non-hydrogen) atoms. The standard InChI is InChI=1S/C15H12O.C12H21N2O3PS/c16-15(14-9-5-2-6-10-14)12-11-13-7-3-1-4-8-13;1-6-15-18(19,16-7-2)17-11-8-10(5)13-12(14-11)9(3)4/h1-12H;8-9H,6-7H2,1-5H3. The number of nitrogens with zero attached hydrogens (tertiary/aromatic N) is 2. The Balaban J connectivity index is 0.000000250. The van der Waals surface area contributed by atoms with E-state index in [4.69, 9.17) is 25.4 Å². The molecule has 0 bridgehead atoms. The molecule has 0 unspecified atom stereocenters. The fraction of sp³-hybridized carbons (Fsp3) is 0.296. The second kappa shape index (κ2) is 14.6. The quantitative estimate of drug-likeness (QED) is 0.162. The van der Waals surface area contributed by atoms with Crippen molar-refractivity contribution in [1.82, 2.24) is 9.97 Å². The van der Waals surface area contributed by atoms with Crippen molar-refractivity contribution in [2.45, 2.75) is 40.5 Å². The summed E-state index contributed by atoms with van der Waals surface area (Å²) in [4.78, 5) is 20.4. The molecule has 0 amide bonds. The lowest BCUT2D eigenvalue weighted by Crippen LogP contribution is -2.06. The second-order valence-corrected chi connectivity index (χ2v) is 10.6. The van der Waals surface area contributed by atoms with E-state index in [0.717, 1.165) is 22.6 Å². The third-order valence-electron chi connectivity index (χ3n) is 4.43. The van der Waals surface area contributed by atoms with E-state index in [1.165, 1.54) is 0 Å². The first kappa shape index (κ1) is 28.5. The van der Waals surface area contributed by atoms with Gasteiger partial charge >= 0.3 is 6.72 Å². The van der Waals surface area contributed by atoms with Crippen LogP contribution in [0.5, 0.6) is 5.88 Å². The van der Waals surface area contributed by atoms with Gasteiger partial charge in [-0.2, -0.15) is 4.98 Å². The van der Waals surface area contributed by atoms with Crippen LogP contribution in [0.15, 0.2) is 72.8 Å². The van der Waals surface area contributed by atoms with Gasteiger partial charge in [0.25, 0.3) is 0 Å². The van der Waals surface area contributed by atoms with Crippen LogP contribution < -0.4 is 4.52 Å². The molecule has 8 heteroatoms. The fourth-order valence-electron chi connectivity index (χ4n) is 2.82. The number of carbonyl (C=O) groups excluding carboxylic acids is 1. The number of hydrogen-bond donors (Lipinski definition) is 0. The summed E-state index contributed by atoms with van der Waals surface area (Å²) in [5.41, 5.74) is 2.59. The van der Waals surface area contributed by atoms with Crippen molar-refractivity contribution in [3.63, 3.8) is 0 Å². The molecule has 0 aliphatic heterocycles. The zero-order valence-electron chi connectivity index (χ0n) is 20.9. The van der Waals surface area contributed by atoms with E-state index in [9.17, 15) is 4.79 Å². The van der Waals surface area contributed by atoms with E-state index >= 15 is 0 Å². The molecule has 1 heterocycles. The molecule has 0 saturated heterocycles. The molecule has 0 N–H and O–H groups in total. The van der Waals surface area contributed by atoms with Gasteiger partial charge in [-0.05, 0) is 32.4 Å². The molecular formula is C27H33N2O4PS. The van der Waals surface area contributed by atoms with Gasteiger partial charge in [0.2, 0.25) is 5.88 Å². The van der Waals surface area contributed by atoms with E-state index in [1.807, 2.05) is 101 Å². The van der Waals surface area contributed by atoms with Crippen molar-refractivity contribution in [2.75, 3.05) is 13.2 Å². The highest BCUT2D eigenvalue weighted by Gasteiger charge is 2.22. The molecule has 3 aromatic rings. The van der Waals surface area contributed by atoms with Gasteiger partial charge in [0.1, 0.15) is 5.82 Å². The van der Waals surface area contributed by atoms with E-state index in [2.05, 4.69) is 9.97 Å². The molecule has 0 fully saturated rings. The second-order valence-electron chi connectivity index (χ2n) is 7.71. The monoisotopic (exact) mass is 512 g/mol. The van der Waals surface area contributed by atoms with Gasteiger partial charge in [0.15, 0.2) is 5.78 Å². The first-order valence-corrected chi connectivity index (χ1v) is 14.1. The number of ketones is 1. The Hall–Kier alpha value is -2.70. The molecule has 2 aromatic carbocycles. The number of rotatable bonds is 10. The molecule has 6 nitrogen and oxygen atoms in total. The zero-order chi connectivity index (χ0) is 25.7. The van der Waals surface area contributed by atoms with Gasteiger partial charge in [0.05, 0.1) is 13.2 Å². The predicted molar refractivity (Wildman–Crippen MR) is 145 cm³/mol. The molecule has 0 radical (unpaired) electrons. The van der Waals surface area contributed by atoms with Gasteiger partial charge < -0.3 is 4.52 Å². The van der Waals surface area contributed by atoms with Gasteiger partial charge in [-0.15, -0.1) is 0 Å². The van der Waals surface area contributed by atoms with Crippen molar-refractivity contribution in [1.29, 1.82) is 0 Å². The predicted octanol–water partition coefficient (Wildman–Crippen LogP) is 7.17. The number of hydrogen-bond acceptors (Lipinski definition) is 7. The Kier molecular flexibility index (Phi) is 11.9. The summed E-state index contributed by atoms with van der Waals surface area (Å²) >= 11 is 5.32. The van der Waals surface area contributed by atoms with Crippen LogP contribution in [0.25, 0.3) is 6.08 Å². The SMILES string of the molecule is CCOP(=S)(OCC)Oc1cc(C)nc(C(C)C)n1.O=C(C=Cc1ccccc1)c1ccccc1. The van der Waals surface area contributed by atoms with Crippen molar-refractivity contribution in [3.8, 4) is 5.88 Å². The van der Waals surface area contributed by atoms with E-state index in [1.54, 1.807) is 12.1 Å². The van der Waals surface area contributed by atoms with Crippen LogP contribution in [0.2, 0.25) is 0 Å². The van der Waals surface area contributed by atoms with Crippen molar-refractivity contribution in [3.05, 3.63) is 95.5 Å². The van der Waals surface area contributed by atoms with Gasteiger partial charge in [-0.1, -0.05) is 80.6 Å². The molecule has 0 aliphatic rings. The molecule has 3 rings (SSSR count). The van der Waals surface area contributed by atoms with Gasteiger partial charge in [-0.3, -0.25) is 13.8 Å². The van der Waals surface area contributed by atoms with Crippen molar-refractivity contribution < 1.29 is 18.4 Å². The number of aromatic nitrogens is 2. The molecule has 0 aliphatic carbocycles. The van der Waals surface area contributed by atoms with E-state index < -0.39 is 6.72 Å². The summed E-state index contributed by atoms with van der Waals surface area (Å²) in [6.45, 7) is 7.78. The van der Waals surface area contributed by atoms with E-state index in [-0.39, 0.29) is 11.7 Å². The highest BCUT2D eigenvalue weighted by atomic mass is 32.5. The van der Waals surface area contributed by atoms with Crippen LogP contribution in [0.3, 0.4) is 0 Å². The number of carbonyl (C=O) groups is 1. The highest BCUT2D eigenvalue weighted by molar-refractivity contribution is 8.07. The van der Waals surface area contributed by atoms with Gasteiger partial charge in [-0.25, -0.2) is 4.98 Å². The summed E-state index contributed by atoms with van der Waals surface area (Å²) in [5.74, 6) is 1.40. The topological polar surface area (TPSA) is 70.5 Å². The molecule has 0 spiro atoms. The molecule has 1 aromatic heterocycles. The van der Waals surface area contributed by atoms with Gasteiger partial charge in [0, 0.05) is 35.0 Å². The Morgan fingerprint density at radius 2 is 1.54 bits per heavy atom. The Labute approximate surface area is 213 Å². The number of aryl methyl sites for hydroxylation is 1.